The smallest absolute Gasteiger partial charge is 0.338 e. The monoisotopic (exact) mass is 397 g/mol. The number of aromatic nitrogens is 1. The van der Waals surface area contributed by atoms with Crippen molar-refractivity contribution >= 4 is 23.1 Å². The Hall–Kier alpha value is -2.70. The van der Waals surface area contributed by atoms with Crippen molar-refractivity contribution in [2.24, 2.45) is 0 Å². The molecule has 28 heavy (non-hydrogen) atoms. The van der Waals surface area contributed by atoms with Crippen LogP contribution < -0.4 is 0 Å². The van der Waals surface area contributed by atoms with Crippen molar-refractivity contribution in [3.8, 4) is 0 Å². The highest BCUT2D eigenvalue weighted by Gasteiger charge is 2.18. The number of aryl methyl sites for hydroxylation is 1. The maximum Gasteiger partial charge on any atom is 0.338 e. The van der Waals surface area contributed by atoms with Gasteiger partial charge in [-0.25, -0.2) is 4.79 Å². The van der Waals surface area contributed by atoms with Crippen LogP contribution in [0.2, 0.25) is 0 Å². The maximum absolute atomic E-state index is 12.6. The van der Waals surface area contributed by atoms with Crippen molar-refractivity contribution in [1.29, 1.82) is 0 Å². The Morgan fingerprint density at radius 1 is 1.11 bits per heavy atom. The third kappa shape index (κ3) is 4.58. The second-order valence-corrected chi connectivity index (χ2v) is 7.62. The summed E-state index contributed by atoms with van der Waals surface area (Å²) in [7, 11) is 1.60. The minimum atomic E-state index is -0.515. The fourth-order valence-electron chi connectivity index (χ4n) is 3.13. The number of thiophene rings is 1. The molecule has 0 spiro atoms. The summed E-state index contributed by atoms with van der Waals surface area (Å²) in [6, 6.07) is 13.0. The van der Waals surface area contributed by atoms with Gasteiger partial charge in [-0.2, -0.15) is 0 Å². The molecule has 0 N–H and O–H groups in total. The van der Waals surface area contributed by atoms with Crippen molar-refractivity contribution in [2.45, 2.75) is 27.0 Å². The van der Waals surface area contributed by atoms with Crippen LogP contribution in [0.15, 0.2) is 47.8 Å². The van der Waals surface area contributed by atoms with Crippen molar-refractivity contribution < 1.29 is 19.1 Å². The van der Waals surface area contributed by atoms with Crippen molar-refractivity contribution in [3.05, 3.63) is 80.8 Å². The van der Waals surface area contributed by atoms with E-state index in [0.29, 0.717) is 17.7 Å². The van der Waals surface area contributed by atoms with E-state index >= 15 is 0 Å². The number of rotatable bonds is 8. The molecule has 0 aliphatic heterocycles. The van der Waals surface area contributed by atoms with E-state index < -0.39 is 5.97 Å². The number of Topliss-reactive ketones (excluding diaryl/α,β-unsaturated/α-hetero) is 1. The summed E-state index contributed by atoms with van der Waals surface area (Å²) in [5, 5.41) is 2.04. The molecule has 0 fully saturated rings. The quantitative estimate of drug-likeness (QED) is 0.418. The molecule has 1 aromatic carbocycles. The van der Waals surface area contributed by atoms with Gasteiger partial charge in [-0.05, 0) is 49.1 Å². The first-order chi connectivity index (χ1) is 13.5. The van der Waals surface area contributed by atoms with E-state index in [1.807, 2.05) is 37.4 Å². The van der Waals surface area contributed by atoms with Crippen LogP contribution in [0, 0.1) is 13.8 Å². The van der Waals surface area contributed by atoms with Gasteiger partial charge in [-0.15, -0.1) is 11.3 Å². The number of ether oxygens (including phenoxy) is 2. The van der Waals surface area contributed by atoms with Crippen LogP contribution in [0.5, 0.6) is 0 Å². The first-order valence-electron chi connectivity index (χ1n) is 8.97. The second kappa shape index (κ2) is 8.99. The number of nitrogens with zero attached hydrogens (tertiary/aromatic N) is 1. The Labute approximate surface area is 168 Å². The van der Waals surface area contributed by atoms with Crippen LogP contribution in [0.1, 0.15) is 42.5 Å². The first-order valence-corrected chi connectivity index (χ1v) is 9.85. The minimum absolute atomic E-state index is 0.202. The zero-order chi connectivity index (χ0) is 20.1. The normalized spacial score (nSPS) is 10.8. The highest BCUT2D eigenvalue weighted by atomic mass is 32.1. The third-order valence-electron chi connectivity index (χ3n) is 4.58. The van der Waals surface area contributed by atoms with Gasteiger partial charge in [0.15, 0.2) is 6.61 Å². The van der Waals surface area contributed by atoms with Crippen LogP contribution in [-0.4, -0.2) is 30.0 Å². The molecule has 0 aliphatic carbocycles. The van der Waals surface area contributed by atoms with E-state index in [4.69, 9.17) is 9.47 Å². The van der Waals surface area contributed by atoms with Gasteiger partial charge in [0.25, 0.3) is 0 Å². The SMILES string of the molecule is COCc1cccc(C(=O)OCC(=O)c2cc(C)n(Cc3cccs3)c2C)c1. The lowest BCUT2D eigenvalue weighted by Crippen LogP contribution is -2.15. The molecule has 5 nitrogen and oxygen atoms in total. The van der Waals surface area contributed by atoms with Gasteiger partial charge >= 0.3 is 5.97 Å². The molecule has 2 heterocycles. The van der Waals surface area contributed by atoms with Crippen LogP contribution in [0.25, 0.3) is 0 Å². The molecule has 0 bridgehead atoms. The van der Waals surface area contributed by atoms with E-state index in [1.54, 1.807) is 36.6 Å². The standard InChI is InChI=1S/C22H23NO4S/c1-15-10-20(16(2)23(15)12-19-8-5-9-28-19)21(24)14-27-22(25)18-7-4-6-17(11-18)13-26-3/h4-11H,12-14H2,1-3H3. The summed E-state index contributed by atoms with van der Waals surface area (Å²) in [6.07, 6.45) is 0. The summed E-state index contributed by atoms with van der Waals surface area (Å²) in [5.74, 6) is -0.717. The molecule has 0 unspecified atom stereocenters. The largest absolute Gasteiger partial charge is 0.454 e. The Kier molecular flexibility index (Phi) is 6.44. The van der Waals surface area contributed by atoms with Gasteiger partial charge < -0.3 is 14.0 Å². The number of carbonyl (C=O) groups excluding carboxylic acids is 2. The molecule has 2 aromatic heterocycles. The fourth-order valence-corrected chi connectivity index (χ4v) is 3.82. The molecule has 0 saturated heterocycles. The molecule has 0 aliphatic rings. The Morgan fingerprint density at radius 2 is 1.93 bits per heavy atom. The summed E-state index contributed by atoms with van der Waals surface area (Å²) >= 11 is 1.69. The van der Waals surface area contributed by atoms with E-state index in [1.165, 1.54) is 4.88 Å². The zero-order valence-corrected chi connectivity index (χ0v) is 17.0. The molecule has 0 amide bonds. The molecule has 0 radical (unpaired) electrons. The van der Waals surface area contributed by atoms with Crippen LogP contribution in [0.4, 0.5) is 0 Å². The number of hydrogen-bond donors (Lipinski definition) is 0. The topological polar surface area (TPSA) is 57.5 Å². The van der Waals surface area contributed by atoms with E-state index in [-0.39, 0.29) is 12.4 Å². The number of ketones is 1. The summed E-state index contributed by atoms with van der Waals surface area (Å²) in [6.45, 7) is 4.76. The predicted octanol–water partition coefficient (Wildman–Crippen LogP) is 4.40. The Balaban J connectivity index is 1.66. The van der Waals surface area contributed by atoms with Crippen molar-refractivity contribution in [1.82, 2.24) is 4.57 Å². The van der Waals surface area contributed by atoms with Crippen LogP contribution in [-0.2, 0) is 22.6 Å². The Bertz CT molecular complexity index is 973. The van der Waals surface area contributed by atoms with Gasteiger partial charge in [0.2, 0.25) is 5.78 Å². The van der Waals surface area contributed by atoms with Gasteiger partial charge in [-0.3, -0.25) is 4.79 Å². The van der Waals surface area contributed by atoms with Crippen molar-refractivity contribution in [2.75, 3.05) is 13.7 Å². The second-order valence-electron chi connectivity index (χ2n) is 6.58. The molecule has 0 saturated carbocycles. The molecule has 3 rings (SSSR count). The van der Waals surface area contributed by atoms with Gasteiger partial charge in [0, 0.05) is 28.9 Å². The van der Waals surface area contributed by atoms with E-state index in [0.717, 1.165) is 23.5 Å². The van der Waals surface area contributed by atoms with Gasteiger partial charge in [0.05, 0.1) is 18.7 Å². The molecule has 6 heteroatoms. The minimum Gasteiger partial charge on any atom is -0.454 e. The van der Waals surface area contributed by atoms with Crippen LogP contribution >= 0.6 is 11.3 Å². The lowest BCUT2D eigenvalue weighted by atomic mass is 10.1. The number of esters is 1. The van der Waals surface area contributed by atoms with Crippen LogP contribution in [0.3, 0.4) is 0 Å². The average molecular weight is 397 g/mol. The lowest BCUT2D eigenvalue weighted by Gasteiger charge is -2.09. The van der Waals surface area contributed by atoms with Crippen molar-refractivity contribution in [3.63, 3.8) is 0 Å². The Morgan fingerprint density at radius 3 is 2.64 bits per heavy atom. The molecular formula is C22H23NO4S. The highest BCUT2D eigenvalue weighted by Crippen LogP contribution is 2.20. The van der Waals surface area contributed by atoms with E-state index in [2.05, 4.69) is 10.6 Å². The molecular weight excluding hydrogens is 374 g/mol. The van der Waals surface area contributed by atoms with Gasteiger partial charge in [0.1, 0.15) is 0 Å². The number of benzene rings is 1. The fraction of sp³-hybridized carbons (Fsp3) is 0.273. The first kappa shape index (κ1) is 20.0. The number of hydrogen-bond acceptors (Lipinski definition) is 5. The summed E-state index contributed by atoms with van der Waals surface area (Å²) < 4.78 is 12.4. The third-order valence-corrected chi connectivity index (χ3v) is 5.44. The summed E-state index contributed by atoms with van der Waals surface area (Å²) in [5.41, 5.74) is 3.77. The lowest BCUT2D eigenvalue weighted by molar-refractivity contribution is 0.0474. The van der Waals surface area contributed by atoms with Gasteiger partial charge in [-0.1, -0.05) is 18.2 Å². The molecule has 3 aromatic rings. The molecule has 146 valence electrons. The highest BCUT2D eigenvalue weighted by molar-refractivity contribution is 7.09. The molecule has 0 atom stereocenters. The van der Waals surface area contributed by atoms with E-state index in [9.17, 15) is 9.59 Å². The number of carbonyl (C=O) groups is 2. The maximum atomic E-state index is 12.6. The zero-order valence-electron chi connectivity index (χ0n) is 16.2. The average Bonchev–Trinajstić information content (AvgIpc) is 3.30. The summed E-state index contributed by atoms with van der Waals surface area (Å²) in [4.78, 5) is 26.1. The number of methoxy groups -OCH3 is 1. The predicted molar refractivity (Wildman–Crippen MR) is 109 cm³/mol.